The van der Waals surface area contributed by atoms with E-state index in [0.29, 0.717) is 30.1 Å². The number of aliphatic hydroxyl groups excluding tert-OH is 2. The predicted molar refractivity (Wildman–Crippen MR) is 160 cm³/mol. The Morgan fingerprint density at radius 2 is 1.67 bits per heavy atom. The third kappa shape index (κ3) is 6.57. The predicted octanol–water partition coefficient (Wildman–Crippen LogP) is 6.65. The minimum Gasteiger partial charge on any atom is -0.449 e. The van der Waals surface area contributed by atoms with E-state index in [2.05, 4.69) is 32.4 Å². The molecule has 0 aromatic heterocycles. The number of amides is 1. The van der Waals surface area contributed by atoms with Crippen molar-refractivity contribution in [3.05, 3.63) is 24.3 Å². The van der Waals surface area contributed by atoms with Crippen molar-refractivity contribution in [1.29, 1.82) is 0 Å². The molecule has 1 aromatic carbocycles. The Balaban J connectivity index is 1.18. The average Bonchev–Trinajstić information content (AvgIpc) is 3.30. The van der Waals surface area contributed by atoms with E-state index in [1.807, 2.05) is 4.72 Å². The van der Waals surface area contributed by atoms with Crippen molar-refractivity contribution in [3.8, 4) is 5.75 Å². The topological polar surface area (TPSA) is 122 Å². The van der Waals surface area contributed by atoms with Crippen LogP contribution in [0.25, 0.3) is 0 Å². The number of nitrogens with one attached hydrogen (secondary N) is 1. The summed E-state index contributed by atoms with van der Waals surface area (Å²) in [5.41, 5.74) is 0.181. The van der Waals surface area contributed by atoms with Crippen LogP contribution in [0, 0.1) is 52.3 Å². The van der Waals surface area contributed by atoms with Gasteiger partial charge in [-0.25, -0.2) is 17.9 Å². The summed E-state index contributed by atoms with van der Waals surface area (Å²) in [4.78, 5) is 12.0. The van der Waals surface area contributed by atoms with Gasteiger partial charge >= 0.3 is 12.5 Å². The fourth-order valence-electron chi connectivity index (χ4n) is 10.5. The molecule has 8 nitrogen and oxygen atoms in total. The molecule has 4 aliphatic rings. The number of sulfonamides is 1. The standard InChI is InChI=1S/C33H48F3NO7S/c1-5-23-27-18-20(38)12-15-32(27,4)26-13-16-31(3)24(10-11-25(31)28(26)29(23)39)19(2)14-17-43-30(40)37-45(41,42)22-8-6-21(7-9-22)44-33(34,35)36/h6-9,19-20,23-29,38-39H,5,10-18H2,1-4H3,(H,37,40)/t19-,20-,23-,24-,25+,26+,27+,28+,29-,31-,32-/m1/s1. The number of rotatable bonds is 8. The molecular formula is C33H48F3NO7S. The van der Waals surface area contributed by atoms with Gasteiger partial charge in [0.1, 0.15) is 5.75 Å². The van der Waals surface area contributed by atoms with E-state index in [1.54, 1.807) is 0 Å². The van der Waals surface area contributed by atoms with E-state index in [1.165, 1.54) is 0 Å². The molecular weight excluding hydrogens is 611 g/mol. The smallest absolute Gasteiger partial charge is 0.449 e. The van der Waals surface area contributed by atoms with Gasteiger partial charge < -0.3 is 19.7 Å². The van der Waals surface area contributed by atoms with Crippen molar-refractivity contribution in [3.63, 3.8) is 0 Å². The molecule has 0 spiro atoms. The minimum atomic E-state index is -4.91. The van der Waals surface area contributed by atoms with Gasteiger partial charge in [0.05, 0.1) is 23.7 Å². The summed E-state index contributed by atoms with van der Waals surface area (Å²) in [6.07, 6.45) is 1.62. The van der Waals surface area contributed by atoms with Crippen LogP contribution in [0.4, 0.5) is 18.0 Å². The molecule has 12 heteroatoms. The minimum absolute atomic E-state index is 0.0206. The Kier molecular flexibility index (Phi) is 9.54. The highest BCUT2D eigenvalue weighted by molar-refractivity contribution is 7.90. The lowest BCUT2D eigenvalue weighted by atomic mass is 9.41. The van der Waals surface area contributed by atoms with Crippen molar-refractivity contribution >= 4 is 16.1 Å². The Morgan fingerprint density at radius 3 is 2.31 bits per heavy atom. The zero-order valence-electron chi connectivity index (χ0n) is 26.6. The molecule has 0 saturated heterocycles. The van der Waals surface area contributed by atoms with Crippen LogP contribution in [-0.2, 0) is 14.8 Å². The SMILES string of the molecule is CC[C@H]1[C@@H](O)[C@@H]2[C@H](CC[C@]3(C)[C@@H]([C@H](C)CCOC(=O)NS(=O)(=O)c4ccc(OC(F)(F)F)cc4)CC[C@@H]23)[C@@]2(C)CC[C@@H](O)C[C@@H]12. The van der Waals surface area contributed by atoms with Crippen molar-refractivity contribution in [2.24, 2.45) is 52.3 Å². The van der Waals surface area contributed by atoms with Crippen LogP contribution in [0.3, 0.4) is 0 Å². The first-order valence-electron chi connectivity index (χ1n) is 16.4. The van der Waals surface area contributed by atoms with E-state index in [4.69, 9.17) is 4.74 Å². The molecule has 0 radical (unpaired) electrons. The van der Waals surface area contributed by atoms with Crippen LogP contribution in [-0.4, -0.2) is 49.9 Å². The summed E-state index contributed by atoms with van der Waals surface area (Å²) < 4.78 is 73.1. The van der Waals surface area contributed by atoms with Gasteiger partial charge in [0.2, 0.25) is 0 Å². The number of carbonyl (C=O) groups excluding carboxylic acids is 1. The van der Waals surface area contributed by atoms with Crippen LogP contribution < -0.4 is 9.46 Å². The van der Waals surface area contributed by atoms with E-state index in [-0.39, 0.29) is 47.4 Å². The molecule has 0 unspecified atom stereocenters. The highest BCUT2D eigenvalue weighted by atomic mass is 32.2. The van der Waals surface area contributed by atoms with Crippen molar-refractivity contribution in [2.45, 2.75) is 109 Å². The number of fused-ring (bicyclic) bond motifs is 5. The molecule has 3 N–H and O–H groups in total. The first kappa shape index (κ1) is 34.3. The van der Waals surface area contributed by atoms with Gasteiger partial charge in [-0.2, -0.15) is 0 Å². The normalized spacial score (nSPS) is 38.8. The average molecular weight is 660 g/mol. The highest BCUT2D eigenvalue weighted by Crippen LogP contribution is 2.69. The monoisotopic (exact) mass is 659 g/mol. The molecule has 1 amide bonds. The van der Waals surface area contributed by atoms with Crippen LogP contribution in [0.1, 0.15) is 85.5 Å². The number of halogens is 3. The Bertz CT molecular complexity index is 1320. The lowest BCUT2D eigenvalue weighted by Gasteiger charge is -2.64. The fourth-order valence-corrected chi connectivity index (χ4v) is 11.4. The lowest BCUT2D eigenvalue weighted by Crippen LogP contribution is -2.62. The van der Waals surface area contributed by atoms with Crippen molar-refractivity contribution in [1.82, 2.24) is 4.72 Å². The number of aliphatic hydroxyl groups is 2. The Hall–Kier alpha value is -2.05. The number of alkyl halides is 3. The largest absolute Gasteiger partial charge is 0.573 e. The third-order valence-corrected chi connectivity index (χ3v) is 13.9. The van der Waals surface area contributed by atoms with Gasteiger partial charge in [-0.3, -0.25) is 0 Å². The second-order valence-corrected chi connectivity index (χ2v) is 16.3. The van der Waals surface area contributed by atoms with Crippen LogP contribution in [0.2, 0.25) is 0 Å². The fraction of sp³-hybridized carbons (Fsp3) is 0.788. The number of ether oxygens (including phenoxy) is 2. The second kappa shape index (κ2) is 12.5. The summed E-state index contributed by atoms with van der Waals surface area (Å²) in [6, 6.07) is 3.53. The number of hydrogen-bond acceptors (Lipinski definition) is 7. The maximum Gasteiger partial charge on any atom is 0.573 e. The summed E-state index contributed by atoms with van der Waals surface area (Å²) >= 11 is 0. The van der Waals surface area contributed by atoms with Gasteiger partial charge in [0.25, 0.3) is 10.0 Å². The summed E-state index contributed by atoms with van der Waals surface area (Å²) in [5.74, 6) is 1.63. The highest BCUT2D eigenvalue weighted by Gasteiger charge is 2.64. The van der Waals surface area contributed by atoms with Crippen molar-refractivity contribution < 1.29 is 46.1 Å². The van der Waals surface area contributed by atoms with Gasteiger partial charge in [-0.05, 0) is 128 Å². The molecule has 0 aliphatic heterocycles. The summed E-state index contributed by atoms with van der Waals surface area (Å²) in [5, 5.41) is 22.4. The molecule has 45 heavy (non-hydrogen) atoms. The van der Waals surface area contributed by atoms with E-state index in [0.717, 1.165) is 75.6 Å². The Morgan fingerprint density at radius 1 is 1.02 bits per heavy atom. The van der Waals surface area contributed by atoms with Gasteiger partial charge in [0.15, 0.2) is 0 Å². The molecule has 5 rings (SSSR count). The number of benzene rings is 1. The first-order chi connectivity index (χ1) is 21.0. The van der Waals surface area contributed by atoms with Crippen LogP contribution in [0.15, 0.2) is 29.2 Å². The zero-order valence-corrected chi connectivity index (χ0v) is 27.4. The van der Waals surface area contributed by atoms with Gasteiger partial charge in [-0.15, -0.1) is 13.2 Å². The van der Waals surface area contributed by atoms with Crippen molar-refractivity contribution in [2.75, 3.05) is 6.61 Å². The van der Waals surface area contributed by atoms with E-state index >= 15 is 0 Å². The van der Waals surface area contributed by atoms with Gasteiger partial charge in [-0.1, -0.05) is 34.1 Å². The summed E-state index contributed by atoms with van der Waals surface area (Å²) in [6.45, 7) is 9.14. The summed E-state index contributed by atoms with van der Waals surface area (Å²) in [7, 11) is -4.35. The third-order valence-electron chi connectivity index (χ3n) is 12.5. The Labute approximate surface area is 264 Å². The van der Waals surface area contributed by atoms with Crippen LogP contribution in [0.5, 0.6) is 5.75 Å². The first-order valence-corrected chi connectivity index (χ1v) is 17.9. The zero-order chi connectivity index (χ0) is 32.9. The van der Waals surface area contributed by atoms with Gasteiger partial charge in [0, 0.05) is 0 Å². The molecule has 4 aliphatic carbocycles. The van der Waals surface area contributed by atoms with E-state index < -0.39 is 33.1 Å². The van der Waals surface area contributed by atoms with E-state index in [9.17, 15) is 36.6 Å². The molecule has 254 valence electrons. The maximum atomic E-state index is 12.6. The number of carbonyl (C=O) groups is 1. The molecule has 1 aromatic rings. The maximum absolute atomic E-state index is 12.6. The quantitative estimate of drug-likeness (QED) is 0.286. The molecule has 4 saturated carbocycles. The van der Waals surface area contributed by atoms with Crippen LogP contribution >= 0.6 is 0 Å². The molecule has 0 heterocycles. The molecule has 4 fully saturated rings. The molecule has 11 atom stereocenters. The second-order valence-electron chi connectivity index (χ2n) is 14.6. The lowest BCUT2D eigenvalue weighted by molar-refractivity contribution is -0.274. The molecule has 0 bridgehead atoms. The number of hydrogen-bond donors (Lipinski definition) is 3.